The Balaban J connectivity index is 1.49. The minimum absolute atomic E-state index is 0.0885. The van der Waals surface area contributed by atoms with E-state index >= 15 is 0 Å². The van der Waals surface area contributed by atoms with Gasteiger partial charge in [0, 0.05) is 50.0 Å². The highest BCUT2D eigenvalue weighted by Crippen LogP contribution is 2.13. The van der Waals surface area contributed by atoms with Crippen molar-refractivity contribution in [3.63, 3.8) is 0 Å². The third-order valence-electron chi connectivity index (χ3n) is 4.91. The Morgan fingerprint density at radius 1 is 0.931 bits per heavy atom. The number of para-hydroxylation sites is 1. The molecule has 29 heavy (non-hydrogen) atoms. The van der Waals surface area contributed by atoms with Gasteiger partial charge in [-0.1, -0.05) is 30.3 Å². The second-order valence-electron chi connectivity index (χ2n) is 7.80. The van der Waals surface area contributed by atoms with Gasteiger partial charge < -0.3 is 10.6 Å². The van der Waals surface area contributed by atoms with Gasteiger partial charge in [0.15, 0.2) is 0 Å². The smallest absolute Gasteiger partial charge is 0.255 e. The quantitative estimate of drug-likeness (QED) is 0.758. The number of amides is 2. The van der Waals surface area contributed by atoms with Crippen molar-refractivity contribution in [1.82, 2.24) is 15.1 Å². The molecule has 6 heteroatoms. The van der Waals surface area contributed by atoms with Crippen LogP contribution in [0.25, 0.3) is 0 Å². The molecule has 0 atom stereocenters. The normalized spacial score (nSPS) is 15.3. The molecular formula is C23H30N4O2. The maximum atomic E-state index is 12.5. The number of nitrogens with one attached hydrogen (secondary N) is 2. The van der Waals surface area contributed by atoms with Gasteiger partial charge in [0.1, 0.15) is 0 Å². The molecule has 1 heterocycles. The summed E-state index contributed by atoms with van der Waals surface area (Å²) in [6.07, 6.45) is 0. The van der Waals surface area contributed by atoms with E-state index in [-0.39, 0.29) is 17.9 Å². The summed E-state index contributed by atoms with van der Waals surface area (Å²) in [5, 5.41) is 5.87. The average molecular weight is 395 g/mol. The fourth-order valence-electron chi connectivity index (χ4n) is 3.47. The standard InChI is InChI=1S/C23H30N4O2/c1-18(2)24-22(28)17-27-13-11-26(12-14-27)16-19-7-6-8-20(15-19)23(29)25-21-9-4-3-5-10-21/h3-10,15,18H,11-14,16-17H2,1-2H3,(H,24,28)(H,25,29). The van der Waals surface area contributed by atoms with E-state index in [0.717, 1.165) is 44.0 Å². The van der Waals surface area contributed by atoms with Crippen LogP contribution in [0.2, 0.25) is 0 Å². The molecule has 0 aliphatic carbocycles. The van der Waals surface area contributed by atoms with E-state index in [9.17, 15) is 9.59 Å². The molecule has 6 nitrogen and oxygen atoms in total. The first kappa shape index (κ1) is 21.0. The number of rotatable bonds is 7. The number of hydrogen-bond acceptors (Lipinski definition) is 4. The summed E-state index contributed by atoms with van der Waals surface area (Å²) in [7, 11) is 0. The summed E-state index contributed by atoms with van der Waals surface area (Å²) in [4.78, 5) is 29.0. The number of piperazine rings is 1. The van der Waals surface area contributed by atoms with Crippen LogP contribution in [0, 0.1) is 0 Å². The minimum Gasteiger partial charge on any atom is -0.353 e. The number of carbonyl (C=O) groups excluding carboxylic acids is 2. The van der Waals surface area contributed by atoms with Gasteiger partial charge in [0.05, 0.1) is 6.54 Å². The van der Waals surface area contributed by atoms with Gasteiger partial charge in [-0.2, -0.15) is 0 Å². The van der Waals surface area contributed by atoms with Crippen molar-refractivity contribution >= 4 is 17.5 Å². The molecule has 1 aliphatic rings. The second kappa shape index (κ2) is 10.2. The van der Waals surface area contributed by atoms with Crippen LogP contribution in [-0.4, -0.2) is 60.4 Å². The van der Waals surface area contributed by atoms with Crippen LogP contribution in [0.3, 0.4) is 0 Å². The molecule has 2 N–H and O–H groups in total. The highest BCUT2D eigenvalue weighted by Gasteiger charge is 2.19. The number of benzene rings is 2. The Labute approximate surface area is 172 Å². The lowest BCUT2D eigenvalue weighted by Crippen LogP contribution is -2.49. The molecule has 0 radical (unpaired) electrons. The maximum absolute atomic E-state index is 12.5. The first-order chi connectivity index (χ1) is 14.0. The number of anilines is 1. The topological polar surface area (TPSA) is 64.7 Å². The van der Waals surface area contributed by atoms with Gasteiger partial charge in [0.25, 0.3) is 5.91 Å². The minimum atomic E-state index is -0.0981. The number of hydrogen-bond donors (Lipinski definition) is 2. The van der Waals surface area contributed by atoms with Gasteiger partial charge in [-0.3, -0.25) is 19.4 Å². The van der Waals surface area contributed by atoms with E-state index in [1.165, 1.54) is 0 Å². The summed E-state index contributed by atoms with van der Waals surface area (Å²) < 4.78 is 0. The summed E-state index contributed by atoms with van der Waals surface area (Å²) in [6.45, 7) is 8.79. The molecule has 1 saturated heterocycles. The zero-order valence-corrected chi connectivity index (χ0v) is 17.2. The lowest BCUT2D eigenvalue weighted by Gasteiger charge is -2.34. The van der Waals surface area contributed by atoms with Crippen LogP contribution < -0.4 is 10.6 Å². The average Bonchev–Trinajstić information content (AvgIpc) is 2.70. The Morgan fingerprint density at radius 2 is 1.62 bits per heavy atom. The molecule has 0 unspecified atom stereocenters. The number of carbonyl (C=O) groups is 2. The Hall–Kier alpha value is -2.70. The van der Waals surface area contributed by atoms with Crippen molar-refractivity contribution in [3.05, 3.63) is 65.7 Å². The molecule has 2 aromatic rings. The van der Waals surface area contributed by atoms with E-state index in [0.29, 0.717) is 12.1 Å². The van der Waals surface area contributed by atoms with Crippen LogP contribution >= 0.6 is 0 Å². The highest BCUT2D eigenvalue weighted by molar-refractivity contribution is 6.04. The van der Waals surface area contributed by atoms with E-state index in [2.05, 4.69) is 26.5 Å². The third-order valence-corrected chi connectivity index (χ3v) is 4.91. The Kier molecular flexibility index (Phi) is 7.38. The summed E-state index contributed by atoms with van der Waals surface area (Å²) in [5.74, 6) is -0.00962. The molecule has 0 bridgehead atoms. The van der Waals surface area contributed by atoms with E-state index in [1.54, 1.807) is 0 Å². The molecule has 1 aliphatic heterocycles. The largest absolute Gasteiger partial charge is 0.353 e. The van der Waals surface area contributed by atoms with Crippen LogP contribution in [0.1, 0.15) is 29.8 Å². The van der Waals surface area contributed by atoms with Crippen LogP contribution in [0.15, 0.2) is 54.6 Å². The van der Waals surface area contributed by atoms with Crippen molar-refractivity contribution in [2.45, 2.75) is 26.4 Å². The van der Waals surface area contributed by atoms with E-state index in [4.69, 9.17) is 0 Å². The van der Waals surface area contributed by atoms with Gasteiger partial charge >= 0.3 is 0 Å². The van der Waals surface area contributed by atoms with Gasteiger partial charge in [-0.25, -0.2) is 0 Å². The SMILES string of the molecule is CC(C)NC(=O)CN1CCN(Cc2cccc(C(=O)Nc3ccccc3)c2)CC1. The monoisotopic (exact) mass is 394 g/mol. The van der Waals surface area contributed by atoms with Crippen LogP contribution in [0.4, 0.5) is 5.69 Å². The molecule has 1 fully saturated rings. The molecule has 0 spiro atoms. The summed E-state index contributed by atoms with van der Waals surface area (Å²) >= 11 is 0. The predicted octanol–water partition coefficient (Wildman–Crippen LogP) is 2.58. The Morgan fingerprint density at radius 3 is 2.31 bits per heavy atom. The molecule has 0 aromatic heterocycles. The number of nitrogens with zero attached hydrogens (tertiary/aromatic N) is 2. The fraction of sp³-hybridized carbons (Fsp3) is 0.391. The lowest BCUT2D eigenvalue weighted by molar-refractivity contribution is -0.123. The van der Waals surface area contributed by atoms with Crippen molar-refractivity contribution in [2.75, 3.05) is 38.0 Å². The van der Waals surface area contributed by atoms with Crippen LogP contribution in [0.5, 0.6) is 0 Å². The highest BCUT2D eigenvalue weighted by atomic mass is 16.2. The molecule has 154 valence electrons. The van der Waals surface area contributed by atoms with Crippen molar-refractivity contribution in [1.29, 1.82) is 0 Å². The summed E-state index contributed by atoms with van der Waals surface area (Å²) in [6, 6.07) is 17.4. The fourth-order valence-corrected chi connectivity index (χ4v) is 3.47. The summed E-state index contributed by atoms with van der Waals surface area (Å²) in [5.41, 5.74) is 2.58. The van der Waals surface area contributed by atoms with Crippen molar-refractivity contribution in [2.24, 2.45) is 0 Å². The first-order valence-electron chi connectivity index (χ1n) is 10.2. The zero-order valence-electron chi connectivity index (χ0n) is 17.2. The van der Waals surface area contributed by atoms with Crippen molar-refractivity contribution in [3.8, 4) is 0 Å². The molecule has 2 aromatic carbocycles. The molecule has 2 amide bonds. The van der Waals surface area contributed by atoms with Crippen LogP contribution in [-0.2, 0) is 11.3 Å². The molecule has 0 saturated carbocycles. The van der Waals surface area contributed by atoms with E-state index < -0.39 is 0 Å². The van der Waals surface area contributed by atoms with Gasteiger partial charge in [-0.05, 0) is 43.7 Å². The second-order valence-corrected chi connectivity index (χ2v) is 7.80. The van der Waals surface area contributed by atoms with E-state index in [1.807, 2.05) is 62.4 Å². The van der Waals surface area contributed by atoms with Gasteiger partial charge in [-0.15, -0.1) is 0 Å². The zero-order chi connectivity index (χ0) is 20.6. The van der Waals surface area contributed by atoms with Gasteiger partial charge in [0.2, 0.25) is 5.91 Å². The predicted molar refractivity (Wildman–Crippen MR) is 116 cm³/mol. The first-order valence-corrected chi connectivity index (χ1v) is 10.2. The lowest BCUT2D eigenvalue weighted by atomic mass is 10.1. The Bertz CT molecular complexity index is 815. The third kappa shape index (κ3) is 6.69. The van der Waals surface area contributed by atoms with Crippen molar-refractivity contribution < 1.29 is 9.59 Å². The molecular weight excluding hydrogens is 364 g/mol. The maximum Gasteiger partial charge on any atom is 0.255 e. The molecule has 3 rings (SSSR count).